The number of para-hydroxylation sites is 1. The van der Waals surface area contributed by atoms with Crippen molar-refractivity contribution in [1.29, 1.82) is 0 Å². The van der Waals surface area contributed by atoms with E-state index in [1.165, 1.54) is 11.3 Å². The molecule has 0 aliphatic carbocycles. The standard InChI is InChI=1S/C21H16N6OS/c1-14-18(15-8-4-2-5-9-15)19-20(29-14)22-13-26(21(19)28)12-17-23-24-25-27(17)16-10-6-3-7-11-16/h2-11,13H,12H2,1H3. The zero-order valence-corrected chi connectivity index (χ0v) is 16.4. The smallest absolute Gasteiger partial charge is 0.263 e. The van der Waals surface area contributed by atoms with Gasteiger partial charge in [0, 0.05) is 10.4 Å². The van der Waals surface area contributed by atoms with Crippen LogP contribution in [0.25, 0.3) is 27.0 Å². The molecule has 0 saturated heterocycles. The van der Waals surface area contributed by atoms with Crippen LogP contribution in [0.15, 0.2) is 71.8 Å². The molecule has 0 atom stereocenters. The zero-order chi connectivity index (χ0) is 19.8. The minimum absolute atomic E-state index is 0.0965. The topological polar surface area (TPSA) is 78.5 Å². The molecule has 2 aromatic carbocycles. The molecule has 29 heavy (non-hydrogen) atoms. The van der Waals surface area contributed by atoms with Gasteiger partial charge in [0.15, 0.2) is 5.82 Å². The molecular formula is C21H16N6OS. The molecule has 5 aromatic rings. The molecule has 0 unspecified atom stereocenters. The van der Waals surface area contributed by atoms with Gasteiger partial charge in [-0.05, 0) is 35.0 Å². The number of rotatable bonds is 4. The average Bonchev–Trinajstić information content (AvgIpc) is 3.35. The van der Waals surface area contributed by atoms with Gasteiger partial charge in [0.1, 0.15) is 4.83 Å². The number of benzene rings is 2. The fourth-order valence-corrected chi connectivity index (χ4v) is 4.43. The van der Waals surface area contributed by atoms with Crippen LogP contribution in [0.4, 0.5) is 0 Å². The molecule has 0 fully saturated rings. The van der Waals surface area contributed by atoms with Crippen LogP contribution >= 0.6 is 11.3 Å². The van der Waals surface area contributed by atoms with Crippen molar-refractivity contribution >= 4 is 21.6 Å². The largest absolute Gasteiger partial charge is 0.291 e. The summed E-state index contributed by atoms with van der Waals surface area (Å²) in [6.45, 7) is 2.25. The summed E-state index contributed by atoms with van der Waals surface area (Å²) in [4.78, 5) is 19.7. The summed E-state index contributed by atoms with van der Waals surface area (Å²) in [6, 6.07) is 19.5. The highest BCUT2D eigenvalue weighted by Crippen LogP contribution is 2.35. The van der Waals surface area contributed by atoms with Crippen molar-refractivity contribution in [3.8, 4) is 16.8 Å². The van der Waals surface area contributed by atoms with Crippen LogP contribution < -0.4 is 5.56 Å². The Morgan fingerprint density at radius 2 is 1.72 bits per heavy atom. The molecule has 142 valence electrons. The molecule has 7 nitrogen and oxygen atoms in total. The Bertz CT molecular complexity index is 1350. The summed E-state index contributed by atoms with van der Waals surface area (Å²) >= 11 is 1.53. The third-order valence-corrected chi connectivity index (χ3v) is 5.78. The first-order chi connectivity index (χ1) is 14.2. The van der Waals surface area contributed by atoms with E-state index in [0.717, 1.165) is 26.5 Å². The van der Waals surface area contributed by atoms with Gasteiger partial charge in [-0.15, -0.1) is 16.4 Å². The Morgan fingerprint density at radius 1 is 1.00 bits per heavy atom. The molecule has 3 aromatic heterocycles. The summed E-state index contributed by atoms with van der Waals surface area (Å²) in [5.41, 5.74) is 2.70. The molecule has 0 aliphatic heterocycles. The van der Waals surface area contributed by atoms with Gasteiger partial charge < -0.3 is 0 Å². The molecule has 0 N–H and O–H groups in total. The Kier molecular flexibility index (Phi) is 4.25. The first kappa shape index (κ1) is 17.4. The zero-order valence-electron chi connectivity index (χ0n) is 15.6. The van der Waals surface area contributed by atoms with Gasteiger partial charge in [0.05, 0.1) is 23.9 Å². The lowest BCUT2D eigenvalue weighted by Crippen LogP contribution is -2.22. The maximum atomic E-state index is 13.4. The number of hydrogen-bond acceptors (Lipinski definition) is 6. The van der Waals surface area contributed by atoms with E-state index < -0.39 is 0 Å². The molecule has 0 amide bonds. The van der Waals surface area contributed by atoms with Gasteiger partial charge in [-0.3, -0.25) is 9.36 Å². The van der Waals surface area contributed by atoms with E-state index >= 15 is 0 Å². The highest BCUT2D eigenvalue weighted by molar-refractivity contribution is 7.19. The highest BCUT2D eigenvalue weighted by Gasteiger charge is 2.18. The summed E-state index contributed by atoms with van der Waals surface area (Å²) in [6.07, 6.45) is 1.57. The first-order valence-electron chi connectivity index (χ1n) is 9.09. The van der Waals surface area contributed by atoms with Crippen molar-refractivity contribution in [2.45, 2.75) is 13.5 Å². The van der Waals surface area contributed by atoms with Crippen LogP contribution in [0.3, 0.4) is 0 Å². The first-order valence-corrected chi connectivity index (χ1v) is 9.90. The summed E-state index contributed by atoms with van der Waals surface area (Å²) < 4.78 is 3.19. The van der Waals surface area contributed by atoms with E-state index in [1.54, 1.807) is 15.6 Å². The second-order valence-electron chi connectivity index (χ2n) is 6.60. The molecule has 0 bridgehead atoms. The minimum Gasteiger partial charge on any atom is -0.291 e. The van der Waals surface area contributed by atoms with Crippen LogP contribution in [-0.2, 0) is 6.54 Å². The van der Waals surface area contributed by atoms with Crippen molar-refractivity contribution in [2.24, 2.45) is 0 Å². The summed E-state index contributed by atoms with van der Waals surface area (Å²) in [5, 5.41) is 12.6. The number of hydrogen-bond donors (Lipinski definition) is 0. The van der Waals surface area contributed by atoms with Crippen LogP contribution in [0.2, 0.25) is 0 Å². The maximum absolute atomic E-state index is 13.4. The van der Waals surface area contributed by atoms with Crippen LogP contribution in [0.5, 0.6) is 0 Å². The number of fused-ring (bicyclic) bond motifs is 1. The Morgan fingerprint density at radius 3 is 2.48 bits per heavy atom. The van der Waals surface area contributed by atoms with Gasteiger partial charge in [0.25, 0.3) is 5.56 Å². The van der Waals surface area contributed by atoms with Gasteiger partial charge in [-0.2, -0.15) is 4.68 Å². The molecule has 5 rings (SSSR count). The second kappa shape index (κ2) is 7.06. The maximum Gasteiger partial charge on any atom is 0.263 e. The molecule has 0 radical (unpaired) electrons. The Balaban J connectivity index is 1.63. The Labute approximate surface area is 169 Å². The fraction of sp³-hybridized carbons (Fsp3) is 0.0952. The Hall–Kier alpha value is -3.65. The van der Waals surface area contributed by atoms with Crippen molar-refractivity contribution in [3.05, 3.63) is 88.0 Å². The van der Waals surface area contributed by atoms with Crippen molar-refractivity contribution < 1.29 is 0 Å². The predicted octanol–water partition coefficient (Wildman–Crippen LogP) is 3.46. The monoisotopic (exact) mass is 400 g/mol. The van der Waals surface area contributed by atoms with E-state index in [0.29, 0.717) is 11.2 Å². The van der Waals surface area contributed by atoms with Crippen molar-refractivity contribution in [3.63, 3.8) is 0 Å². The molecule has 0 spiro atoms. The highest BCUT2D eigenvalue weighted by atomic mass is 32.1. The van der Waals surface area contributed by atoms with E-state index in [4.69, 9.17) is 0 Å². The van der Waals surface area contributed by atoms with Crippen LogP contribution in [0.1, 0.15) is 10.7 Å². The van der Waals surface area contributed by atoms with E-state index in [-0.39, 0.29) is 12.1 Å². The van der Waals surface area contributed by atoms with Gasteiger partial charge in [0.2, 0.25) is 0 Å². The lowest BCUT2D eigenvalue weighted by Gasteiger charge is -2.07. The van der Waals surface area contributed by atoms with Crippen molar-refractivity contribution in [2.75, 3.05) is 0 Å². The molecular weight excluding hydrogens is 384 g/mol. The number of nitrogens with zero attached hydrogens (tertiary/aromatic N) is 6. The van der Waals surface area contributed by atoms with E-state index in [9.17, 15) is 4.79 Å². The average molecular weight is 400 g/mol. The number of tetrazole rings is 1. The lowest BCUT2D eigenvalue weighted by atomic mass is 10.0. The van der Waals surface area contributed by atoms with E-state index in [1.807, 2.05) is 67.6 Å². The summed E-state index contributed by atoms with van der Waals surface area (Å²) in [7, 11) is 0. The van der Waals surface area contributed by atoms with E-state index in [2.05, 4.69) is 20.5 Å². The van der Waals surface area contributed by atoms with Crippen molar-refractivity contribution in [1.82, 2.24) is 29.8 Å². The predicted molar refractivity (Wildman–Crippen MR) is 112 cm³/mol. The third kappa shape index (κ3) is 3.03. The normalized spacial score (nSPS) is 11.2. The van der Waals surface area contributed by atoms with Gasteiger partial charge in [-0.1, -0.05) is 48.5 Å². The molecule has 0 saturated carbocycles. The summed E-state index contributed by atoms with van der Waals surface area (Å²) in [5.74, 6) is 0.563. The number of thiophene rings is 1. The van der Waals surface area contributed by atoms with Gasteiger partial charge >= 0.3 is 0 Å². The SMILES string of the molecule is Cc1sc2ncn(Cc3nnnn3-c3ccccc3)c(=O)c2c1-c1ccccc1. The lowest BCUT2D eigenvalue weighted by molar-refractivity contribution is 0.676. The number of aryl methyl sites for hydroxylation is 1. The third-order valence-electron chi connectivity index (χ3n) is 4.76. The molecule has 3 heterocycles. The van der Waals surface area contributed by atoms with Crippen LogP contribution in [-0.4, -0.2) is 29.8 Å². The quantitative estimate of drug-likeness (QED) is 0.462. The molecule has 8 heteroatoms. The fourth-order valence-electron chi connectivity index (χ4n) is 3.43. The van der Waals surface area contributed by atoms with Crippen LogP contribution in [0, 0.1) is 6.92 Å². The minimum atomic E-state index is -0.0965. The number of aromatic nitrogens is 6. The molecule has 0 aliphatic rings. The second-order valence-corrected chi connectivity index (χ2v) is 7.80. The van der Waals surface area contributed by atoms with Gasteiger partial charge in [-0.25, -0.2) is 4.98 Å².